The molecule has 1 heterocycles. The lowest BCUT2D eigenvalue weighted by Gasteiger charge is -2.10. The van der Waals surface area contributed by atoms with Crippen LogP contribution in [0.2, 0.25) is 5.02 Å². The van der Waals surface area contributed by atoms with Crippen LogP contribution in [0.4, 0.5) is 0 Å². The first-order valence-electron chi connectivity index (χ1n) is 10.1. The summed E-state index contributed by atoms with van der Waals surface area (Å²) in [6.45, 7) is 2.02. The number of carbonyl (C=O) groups excluding carboxylic acids is 1. The first kappa shape index (κ1) is 24.0. The second-order valence-corrected chi connectivity index (χ2v) is 9.56. The number of aryl methyl sites for hydroxylation is 1. The number of rotatable bonds is 7. The van der Waals surface area contributed by atoms with Gasteiger partial charge in [-0.1, -0.05) is 69.1 Å². The van der Waals surface area contributed by atoms with Crippen LogP contribution in [0.15, 0.2) is 81.5 Å². The minimum atomic E-state index is -0.321. The molecule has 0 unspecified atom stereocenters. The average molecular weight is 557 g/mol. The number of nitrogens with one attached hydrogen (secondary N) is 1. The van der Waals surface area contributed by atoms with Gasteiger partial charge in [0.2, 0.25) is 0 Å². The number of halogens is 2. The van der Waals surface area contributed by atoms with Gasteiger partial charge in [0.25, 0.3) is 5.91 Å². The topological polar surface area (TPSA) is 92.4 Å². The van der Waals surface area contributed by atoms with Crippen LogP contribution in [0.25, 0.3) is 17.1 Å². The summed E-state index contributed by atoms with van der Waals surface area (Å²) in [5, 5.41) is 23.7. The molecule has 2 N–H and O–H groups in total. The average Bonchev–Trinajstić information content (AvgIpc) is 3.25. The van der Waals surface area contributed by atoms with E-state index in [-0.39, 0.29) is 17.4 Å². The summed E-state index contributed by atoms with van der Waals surface area (Å²) in [5.41, 5.74) is 5.82. The van der Waals surface area contributed by atoms with Gasteiger partial charge in [0, 0.05) is 26.3 Å². The highest BCUT2D eigenvalue weighted by molar-refractivity contribution is 9.10. The molecule has 0 atom stereocenters. The van der Waals surface area contributed by atoms with E-state index in [2.05, 4.69) is 36.7 Å². The van der Waals surface area contributed by atoms with Crippen molar-refractivity contribution < 1.29 is 9.90 Å². The molecule has 0 aliphatic carbocycles. The first-order valence-corrected chi connectivity index (χ1v) is 12.3. The zero-order valence-electron chi connectivity index (χ0n) is 17.9. The fourth-order valence-electron chi connectivity index (χ4n) is 3.04. The highest BCUT2D eigenvalue weighted by atomic mass is 79.9. The summed E-state index contributed by atoms with van der Waals surface area (Å²) in [7, 11) is 0. The Labute approximate surface area is 214 Å². The van der Waals surface area contributed by atoms with E-state index < -0.39 is 0 Å². The summed E-state index contributed by atoms with van der Waals surface area (Å²) in [6.07, 6.45) is 1.38. The Morgan fingerprint density at radius 1 is 1.15 bits per heavy atom. The van der Waals surface area contributed by atoms with E-state index in [0.717, 1.165) is 21.3 Å². The molecule has 0 fully saturated rings. The molecule has 0 aliphatic heterocycles. The van der Waals surface area contributed by atoms with Gasteiger partial charge in [0.05, 0.1) is 12.0 Å². The summed E-state index contributed by atoms with van der Waals surface area (Å²) in [5.74, 6) is 0.475. The monoisotopic (exact) mass is 555 g/mol. The van der Waals surface area contributed by atoms with E-state index in [4.69, 9.17) is 11.6 Å². The molecule has 0 saturated heterocycles. The van der Waals surface area contributed by atoms with Crippen LogP contribution in [0.5, 0.6) is 5.75 Å². The Morgan fingerprint density at radius 3 is 2.62 bits per heavy atom. The van der Waals surface area contributed by atoms with Crippen molar-refractivity contribution >= 4 is 51.4 Å². The van der Waals surface area contributed by atoms with Crippen molar-refractivity contribution in [2.24, 2.45) is 5.10 Å². The molecule has 34 heavy (non-hydrogen) atoms. The third kappa shape index (κ3) is 5.85. The van der Waals surface area contributed by atoms with Gasteiger partial charge in [-0.2, -0.15) is 5.10 Å². The molecule has 4 rings (SSSR count). The van der Waals surface area contributed by atoms with Gasteiger partial charge in [0.15, 0.2) is 11.0 Å². The number of hydrazone groups is 1. The predicted molar refractivity (Wildman–Crippen MR) is 139 cm³/mol. The van der Waals surface area contributed by atoms with Gasteiger partial charge < -0.3 is 5.11 Å². The molecule has 0 bridgehead atoms. The number of thioether (sulfide) groups is 1. The number of hydrogen-bond donors (Lipinski definition) is 2. The Bertz CT molecular complexity index is 1340. The summed E-state index contributed by atoms with van der Waals surface area (Å²) in [6, 6.07) is 20.3. The van der Waals surface area contributed by atoms with Crippen molar-refractivity contribution in [1.29, 1.82) is 0 Å². The molecule has 7 nitrogen and oxygen atoms in total. The Balaban J connectivity index is 1.51. The van der Waals surface area contributed by atoms with E-state index >= 15 is 0 Å². The van der Waals surface area contributed by atoms with E-state index in [9.17, 15) is 9.90 Å². The zero-order valence-corrected chi connectivity index (χ0v) is 21.1. The molecule has 1 aromatic heterocycles. The molecular weight excluding hydrogens is 538 g/mol. The molecule has 0 aliphatic rings. The van der Waals surface area contributed by atoms with E-state index in [1.807, 2.05) is 47.9 Å². The lowest BCUT2D eigenvalue weighted by molar-refractivity contribution is -0.118. The molecule has 4 aromatic rings. The summed E-state index contributed by atoms with van der Waals surface area (Å²) in [4.78, 5) is 12.4. The third-order valence-corrected chi connectivity index (χ3v) is 6.42. The van der Waals surface area contributed by atoms with Crippen LogP contribution in [-0.2, 0) is 4.79 Å². The van der Waals surface area contributed by atoms with E-state index in [1.165, 1.54) is 18.0 Å². The summed E-state index contributed by atoms with van der Waals surface area (Å²) < 4.78 is 2.68. The molecule has 0 radical (unpaired) electrons. The second-order valence-electron chi connectivity index (χ2n) is 7.27. The minimum Gasteiger partial charge on any atom is -0.507 e. The van der Waals surface area contributed by atoms with Crippen LogP contribution in [0.1, 0.15) is 11.1 Å². The van der Waals surface area contributed by atoms with Crippen LogP contribution >= 0.6 is 39.3 Å². The molecular formula is C24H19BrClN5O2S. The number of aromatic nitrogens is 3. The second kappa shape index (κ2) is 10.9. The van der Waals surface area contributed by atoms with Crippen molar-refractivity contribution in [1.82, 2.24) is 20.2 Å². The first-order chi connectivity index (χ1) is 16.4. The number of carbonyl (C=O) groups is 1. The fraction of sp³-hybridized carbons (Fsp3) is 0.0833. The Hall–Kier alpha value is -3.14. The maximum Gasteiger partial charge on any atom is 0.250 e. The van der Waals surface area contributed by atoms with Crippen molar-refractivity contribution in [3.05, 3.63) is 87.4 Å². The smallest absolute Gasteiger partial charge is 0.250 e. The number of phenolic OH excluding ortho intramolecular Hbond substituents is 1. The minimum absolute atomic E-state index is 0.0651. The van der Waals surface area contributed by atoms with Crippen molar-refractivity contribution in [3.63, 3.8) is 0 Å². The molecule has 0 spiro atoms. The van der Waals surface area contributed by atoms with E-state index in [1.54, 1.807) is 30.3 Å². The van der Waals surface area contributed by atoms with Crippen LogP contribution in [0.3, 0.4) is 0 Å². The SMILES string of the molecule is Cc1ccc(-c2nnc(SCC(=O)NN=Cc3cc(Br)ccc3O)n2-c2ccc(Cl)cc2)cc1. The number of nitrogens with zero attached hydrogens (tertiary/aromatic N) is 4. The number of hydrogen-bond acceptors (Lipinski definition) is 6. The zero-order chi connectivity index (χ0) is 24.1. The molecule has 3 aromatic carbocycles. The van der Waals surface area contributed by atoms with Gasteiger partial charge in [0.1, 0.15) is 5.75 Å². The number of benzene rings is 3. The summed E-state index contributed by atoms with van der Waals surface area (Å²) >= 11 is 10.6. The third-order valence-electron chi connectivity index (χ3n) is 4.74. The van der Waals surface area contributed by atoms with Gasteiger partial charge in [-0.05, 0) is 49.4 Å². The van der Waals surface area contributed by atoms with E-state index in [0.29, 0.717) is 21.6 Å². The molecule has 172 valence electrons. The van der Waals surface area contributed by atoms with Gasteiger partial charge >= 0.3 is 0 Å². The largest absolute Gasteiger partial charge is 0.507 e. The standard InChI is InChI=1S/C24H19BrClN5O2S/c1-15-2-4-16(5-3-15)23-29-30-24(31(23)20-9-7-19(26)8-10-20)34-14-22(33)28-27-13-17-12-18(25)6-11-21(17)32/h2-13,32H,14H2,1H3,(H,28,33). The van der Waals surface area contributed by atoms with Crippen LogP contribution in [0, 0.1) is 6.92 Å². The van der Waals surface area contributed by atoms with Gasteiger partial charge in [-0.25, -0.2) is 5.43 Å². The maximum absolute atomic E-state index is 12.4. The van der Waals surface area contributed by atoms with Gasteiger partial charge in [-0.15, -0.1) is 10.2 Å². The lowest BCUT2D eigenvalue weighted by Crippen LogP contribution is -2.20. The van der Waals surface area contributed by atoms with Gasteiger partial charge in [-0.3, -0.25) is 9.36 Å². The highest BCUT2D eigenvalue weighted by Crippen LogP contribution is 2.29. The fourth-order valence-corrected chi connectivity index (χ4v) is 4.29. The normalized spacial score (nSPS) is 11.1. The van der Waals surface area contributed by atoms with Crippen LogP contribution in [-0.4, -0.2) is 37.7 Å². The Morgan fingerprint density at radius 2 is 1.88 bits per heavy atom. The maximum atomic E-state index is 12.4. The lowest BCUT2D eigenvalue weighted by atomic mass is 10.1. The molecule has 0 saturated carbocycles. The van der Waals surface area contributed by atoms with Crippen molar-refractivity contribution in [2.75, 3.05) is 5.75 Å². The van der Waals surface area contributed by atoms with Crippen molar-refractivity contribution in [3.8, 4) is 22.8 Å². The highest BCUT2D eigenvalue weighted by Gasteiger charge is 2.17. The quantitative estimate of drug-likeness (QED) is 0.175. The molecule has 1 amide bonds. The molecule has 10 heteroatoms. The predicted octanol–water partition coefficient (Wildman–Crippen LogP) is 5.61. The van der Waals surface area contributed by atoms with Crippen molar-refractivity contribution in [2.45, 2.75) is 12.1 Å². The number of aromatic hydroxyl groups is 1. The number of phenols is 1. The number of amides is 1. The van der Waals surface area contributed by atoms with Crippen LogP contribution < -0.4 is 5.43 Å². The Kier molecular flexibility index (Phi) is 7.66.